The third kappa shape index (κ3) is 5.42. The highest BCUT2D eigenvalue weighted by Crippen LogP contribution is 2.18. The van der Waals surface area contributed by atoms with E-state index in [1.54, 1.807) is 0 Å². The van der Waals surface area contributed by atoms with Crippen molar-refractivity contribution in [3.63, 3.8) is 0 Å². The lowest BCUT2D eigenvalue weighted by Crippen LogP contribution is -2.45. The molecule has 2 N–H and O–H groups in total. The Bertz CT molecular complexity index is 815. The van der Waals surface area contributed by atoms with Crippen LogP contribution < -0.4 is 10.6 Å². The van der Waals surface area contributed by atoms with E-state index in [0.29, 0.717) is 24.8 Å². The quantitative estimate of drug-likeness (QED) is 0.744. The monoisotopic (exact) mass is 397 g/mol. The molecule has 1 aromatic carbocycles. The number of hydrogen-bond acceptors (Lipinski definition) is 6. The number of amides is 1. The predicted molar refractivity (Wildman–Crippen MR) is 110 cm³/mol. The van der Waals surface area contributed by atoms with Gasteiger partial charge in [0.15, 0.2) is 5.82 Å². The van der Waals surface area contributed by atoms with Crippen molar-refractivity contribution in [2.45, 2.75) is 51.6 Å². The van der Waals surface area contributed by atoms with Crippen molar-refractivity contribution in [1.82, 2.24) is 25.7 Å². The topological polar surface area (TPSA) is 83.3 Å². The molecule has 156 valence electrons. The minimum atomic E-state index is -0.000223. The molecule has 7 heteroatoms. The number of rotatable bonds is 7. The van der Waals surface area contributed by atoms with E-state index in [4.69, 9.17) is 4.52 Å². The van der Waals surface area contributed by atoms with E-state index >= 15 is 0 Å². The Morgan fingerprint density at radius 1 is 1.31 bits per heavy atom. The van der Waals surface area contributed by atoms with Gasteiger partial charge >= 0.3 is 0 Å². The Morgan fingerprint density at radius 3 is 3.03 bits per heavy atom. The van der Waals surface area contributed by atoms with Gasteiger partial charge in [0.1, 0.15) is 0 Å². The number of hydrogen-bond donors (Lipinski definition) is 2. The van der Waals surface area contributed by atoms with Crippen molar-refractivity contribution in [1.29, 1.82) is 0 Å². The van der Waals surface area contributed by atoms with Crippen LogP contribution in [0, 0.1) is 12.8 Å². The number of carbonyl (C=O) groups is 1. The fourth-order valence-corrected chi connectivity index (χ4v) is 4.33. The van der Waals surface area contributed by atoms with Gasteiger partial charge in [-0.25, -0.2) is 0 Å². The number of nitrogens with one attached hydrogen (secondary N) is 2. The Balaban J connectivity index is 1.25. The molecule has 0 spiro atoms. The van der Waals surface area contributed by atoms with Crippen molar-refractivity contribution in [3.05, 3.63) is 47.1 Å². The molecule has 2 fully saturated rings. The first-order valence-electron chi connectivity index (χ1n) is 10.8. The fourth-order valence-electron chi connectivity index (χ4n) is 4.33. The summed E-state index contributed by atoms with van der Waals surface area (Å²) >= 11 is 0. The zero-order valence-corrected chi connectivity index (χ0v) is 17.2. The minimum Gasteiger partial charge on any atom is -0.354 e. The summed E-state index contributed by atoms with van der Waals surface area (Å²) in [5.74, 6) is 2.04. The lowest BCUT2D eigenvalue weighted by atomic mass is 9.98. The Labute approximate surface area is 172 Å². The third-order valence-electron chi connectivity index (χ3n) is 6.02. The summed E-state index contributed by atoms with van der Waals surface area (Å²) in [6.07, 6.45) is 5.01. The predicted octanol–water partition coefficient (Wildman–Crippen LogP) is 2.05. The number of aromatic nitrogens is 2. The van der Waals surface area contributed by atoms with E-state index in [2.05, 4.69) is 44.7 Å². The maximum Gasteiger partial charge on any atom is 0.240 e. The normalized spacial score (nSPS) is 22.7. The number of piperidine rings is 1. The maximum absolute atomic E-state index is 12.2. The fraction of sp³-hybridized carbons (Fsp3) is 0.591. The van der Waals surface area contributed by atoms with E-state index in [1.807, 2.05) is 12.1 Å². The zero-order chi connectivity index (χ0) is 20.1. The summed E-state index contributed by atoms with van der Waals surface area (Å²) in [5, 5.41) is 10.6. The van der Waals surface area contributed by atoms with Gasteiger partial charge in [0, 0.05) is 19.5 Å². The number of benzene rings is 1. The minimum absolute atomic E-state index is 0.000223. The molecule has 0 radical (unpaired) electrons. The van der Waals surface area contributed by atoms with E-state index in [-0.39, 0.29) is 11.9 Å². The first-order chi connectivity index (χ1) is 14.2. The maximum atomic E-state index is 12.2. The second-order valence-corrected chi connectivity index (χ2v) is 8.35. The first-order valence-corrected chi connectivity index (χ1v) is 10.8. The lowest BCUT2D eigenvalue weighted by Gasteiger charge is -2.32. The molecule has 1 aromatic heterocycles. The summed E-state index contributed by atoms with van der Waals surface area (Å²) in [6.45, 7) is 6.46. The van der Waals surface area contributed by atoms with Crippen LogP contribution in [0.2, 0.25) is 0 Å². The van der Waals surface area contributed by atoms with Gasteiger partial charge in [0.25, 0.3) is 0 Å². The van der Waals surface area contributed by atoms with Crippen LogP contribution in [0.4, 0.5) is 0 Å². The van der Waals surface area contributed by atoms with Crippen molar-refractivity contribution < 1.29 is 9.32 Å². The van der Waals surface area contributed by atoms with Gasteiger partial charge in [-0.1, -0.05) is 29.4 Å². The SMILES string of the molecule is Cc1ccccc1Cc1noc(CN2CCCC(CNC(=O)C3CCCN3)C2)n1. The number of nitrogens with zero attached hydrogens (tertiary/aromatic N) is 3. The number of carbonyl (C=O) groups excluding carboxylic acids is 1. The summed E-state index contributed by atoms with van der Waals surface area (Å²) in [4.78, 5) is 19.2. The average molecular weight is 398 g/mol. The molecule has 2 aliphatic heterocycles. The van der Waals surface area contributed by atoms with Gasteiger partial charge in [-0.15, -0.1) is 0 Å². The van der Waals surface area contributed by atoms with Crippen molar-refractivity contribution in [2.24, 2.45) is 5.92 Å². The molecular weight excluding hydrogens is 366 g/mol. The second kappa shape index (κ2) is 9.50. The Kier molecular flexibility index (Phi) is 6.56. The molecule has 0 bridgehead atoms. The molecule has 7 nitrogen and oxygen atoms in total. The molecule has 1 amide bonds. The van der Waals surface area contributed by atoms with E-state index in [9.17, 15) is 4.79 Å². The van der Waals surface area contributed by atoms with Gasteiger partial charge in [-0.05, 0) is 62.7 Å². The van der Waals surface area contributed by atoms with Gasteiger partial charge < -0.3 is 15.2 Å². The lowest BCUT2D eigenvalue weighted by molar-refractivity contribution is -0.123. The Morgan fingerprint density at radius 2 is 2.21 bits per heavy atom. The van der Waals surface area contributed by atoms with E-state index < -0.39 is 0 Å². The van der Waals surface area contributed by atoms with Crippen LogP contribution in [0.5, 0.6) is 0 Å². The average Bonchev–Trinajstić information content (AvgIpc) is 3.41. The van der Waals surface area contributed by atoms with Crippen LogP contribution in [0.15, 0.2) is 28.8 Å². The molecule has 2 aliphatic rings. The van der Waals surface area contributed by atoms with Crippen molar-refractivity contribution in [3.8, 4) is 0 Å². The van der Waals surface area contributed by atoms with Gasteiger partial charge in [-0.2, -0.15) is 4.98 Å². The van der Waals surface area contributed by atoms with Crippen molar-refractivity contribution >= 4 is 5.91 Å². The van der Waals surface area contributed by atoms with Gasteiger partial charge in [0.2, 0.25) is 11.8 Å². The summed E-state index contributed by atoms with van der Waals surface area (Å²) < 4.78 is 5.50. The van der Waals surface area contributed by atoms with Crippen LogP contribution in [-0.4, -0.2) is 53.2 Å². The van der Waals surface area contributed by atoms with Crippen LogP contribution in [0.1, 0.15) is 48.5 Å². The molecule has 4 rings (SSSR count). The second-order valence-electron chi connectivity index (χ2n) is 8.35. The zero-order valence-electron chi connectivity index (χ0n) is 17.2. The number of aryl methyl sites for hydroxylation is 1. The Hall–Kier alpha value is -2.25. The molecule has 29 heavy (non-hydrogen) atoms. The first kappa shape index (κ1) is 20.0. The number of likely N-dealkylation sites (tertiary alicyclic amines) is 1. The van der Waals surface area contributed by atoms with Crippen LogP contribution in [0.25, 0.3) is 0 Å². The van der Waals surface area contributed by atoms with Crippen molar-refractivity contribution in [2.75, 3.05) is 26.2 Å². The summed E-state index contributed by atoms with van der Waals surface area (Å²) in [5.41, 5.74) is 2.47. The largest absolute Gasteiger partial charge is 0.354 e. The molecule has 3 heterocycles. The standard InChI is InChI=1S/C22H31N5O2/c1-16-6-2-3-8-18(16)12-20-25-21(29-26-20)15-27-11-5-7-17(14-27)13-24-22(28)19-9-4-10-23-19/h2-3,6,8,17,19,23H,4-5,7,9-15H2,1H3,(H,24,28). The van der Waals surface area contributed by atoms with E-state index in [1.165, 1.54) is 11.1 Å². The van der Waals surface area contributed by atoms with Crippen LogP contribution in [-0.2, 0) is 17.8 Å². The smallest absolute Gasteiger partial charge is 0.240 e. The van der Waals surface area contributed by atoms with Gasteiger partial charge in [0.05, 0.1) is 12.6 Å². The van der Waals surface area contributed by atoms with Crippen LogP contribution in [0.3, 0.4) is 0 Å². The highest BCUT2D eigenvalue weighted by atomic mass is 16.5. The summed E-state index contributed by atoms with van der Waals surface area (Å²) in [6, 6.07) is 8.29. The molecule has 0 aliphatic carbocycles. The highest BCUT2D eigenvalue weighted by molar-refractivity contribution is 5.81. The molecule has 2 atom stereocenters. The molecule has 2 unspecified atom stereocenters. The highest BCUT2D eigenvalue weighted by Gasteiger charge is 2.25. The van der Waals surface area contributed by atoms with Gasteiger partial charge in [-0.3, -0.25) is 9.69 Å². The molecule has 0 saturated carbocycles. The van der Waals surface area contributed by atoms with E-state index in [0.717, 1.165) is 57.7 Å². The third-order valence-corrected chi connectivity index (χ3v) is 6.02. The molecule has 2 aromatic rings. The molecule has 2 saturated heterocycles. The van der Waals surface area contributed by atoms with Crippen LogP contribution >= 0.6 is 0 Å². The molecular formula is C22H31N5O2. The summed E-state index contributed by atoms with van der Waals surface area (Å²) in [7, 11) is 0.